The van der Waals surface area contributed by atoms with E-state index in [0.29, 0.717) is 24.0 Å². The molecule has 3 aliphatic rings. The Balaban J connectivity index is 1.35. The first-order valence-corrected chi connectivity index (χ1v) is 12.1. The minimum atomic E-state index is 0.533. The molecule has 0 radical (unpaired) electrons. The lowest BCUT2D eigenvalue weighted by Gasteiger charge is -2.43. The van der Waals surface area contributed by atoms with Gasteiger partial charge in [0, 0.05) is 43.3 Å². The van der Waals surface area contributed by atoms with Gasteiger partial charge < -0.3 is 9.80 Å². The number of nitrogens with zero attached hydrogens (tertiary/aromatic N) is 5. The number of piperazine rings is 1. The summed E-state index contributed by atoms with van der Waals surface area (Å²) in [6, 6.07) is 4.05. The summed E-state index contributed by atoms with van der Waals surface area (Å²) >= 11 is 0. The lowest BCUT2D eigenvalue weighted by molar-refractivity contribution is 0.177. The molecule has 4 rings (SSSR count). The number of aromatic nitrogens is 2. The molecule has 29 heavy (non-hydrogen) atoms. The maximum absolute atomic E-state index is 5.12. The largest absolute Gasteiger partial charge is 0.348 e. The smallest absolute Gasteiger partial charge is 0.133 e. The van der Waals surface area contributed by atoms with Crippen LogP contribution in [0.5, 0.6) is 0 Å². The summed E-state index contributed by atoms with van der Waals surface area (Å²) < 4.78 is 0. The number of fused-ring (bicyclic) bond motifs is 2. The molecule has 2 unspecified atom stereocenters. The van der Waals surface area contributed by atoms with E-state index in [-0.39, 0.29) is 0 Å². The number of hydrogen-bond acceptors (Lipinski definition) is 5. The fourth-order valence-electron chi connectivity index (χ4n) is 5.57. The normalized spacial score (nSPS) is 26.8. The Morgan fingerprint density at radius 2 is 1.69 bits per heavy atom. The molecule has 3 fully saturated rings. The molecule has 162 valence electrons. The van der Waals surface area contributed by atoms with Gasteiger partial charge in [0.15, 0.2) is 0 Å². The molecule has 0 aromatic carbocycles. The quantitative estimate of drug-likeness (QED) is 0.688. The van der Waals surface area contributed by atoms with E-state index < -0.39 is 0 Å². The van der Waals surface area contributed by atoms with Gasteiger partial charge in [-0.25, -0.2) is 9.97 Å². The average molecular weight is 400 g/mol. The molecule has 3 saturated heterocycles. The summed E-state index contributed by atoms with van der Waals surface area (Å²) in [4.78, 5) is 17.8. The molecule has 4 heterocycles. The lowest BCUT2D eigenvalue weighted by Crippen LogP contribution is -2.55. The summed E-state index contributed by atoms with van der Waals surface area (Å²) in [5.41, 5.74) is 0. The maximum atomic E-state index is 5.12. The predicted molar refractivity (Wildman–Crippen MR) is 121 cm³/mol. The van der Waals surface area contributed by atoms with Gasteiger partial charge in [-0.1, -0.05) is 13.8 Å². The van der Waals surface area contributed by atoms with E-state index in [9.17, 15) is 0 Å². The van der Waals surface area contributed by atoms with Crippen molar-refractivity contribution >= 4 is 5.82 Å². The van der Waals surface area contributed by atoms with Crippen LogP contribution < -0.4 is 4.90 Å². The summed E-state index contributed by atoms with van der Waals surface area (Å²) in [6.07, 6.45) is 9.72. The monoisotopic (exact) mass is 399 g/mol. The van der Waals surface area contributed by atoms with E-state index in [1.54, 1.807) is 0 Å². The van der Waals surface area contributed by atoms with Crippen LogP contribution in [0.4, 0.5) is 5.82 Å². The van der Waals surface area contributed by atoms with Crippen molar-refractivity contribution in [2.75, 3.05) is 37.6 Å². The van der Waals surface area contributed by atoms with Gasteiger partial charge in [-0.2, -0.15) is 0 Å². The summed E-state index contributed by atoms with van der Waals surface area (Å²) in [5.74, 6) is 3.63. The van der Waals surface area contributed by atoms with Crippen molar-refractivity contribution in [1.29, 1.82) is 0 Å². The SMILES string of the molecule is CC(C)CCCN1CCC(c2nccc(N3C4CCC3CN(C(C)C)C4)n2)CC1. The zero-order chi connectivity index (χ0) is 20.4. The first-order chi connectivity index (χ1) is 14.0. The molecule has 1 aromatic rings. The Kier molecular flexibility index (Phi) is 6.75. The minimum absolute atomic E-state index is 0.533. The van der Waals surface area contributed by atoms with E-state index in [1.807, 2.05) is 6.20 Å². The molecule has 5 nitrogen and oxygen atoms in total. The highest BCUT2D eigenvalue weighted by atomic mass is 15.4. The van der Waals surface area contributed by atoms with Crippen LogP contribution in [-0.2, 0) is 0 Å². The number of hydrogen-bond donors (Lipinski definition) is 0. The van der Waals surface area contributed by atoms with Gasteiger partial charge in [0.05, 0.1) is 0 Å². The highest BCUT2D eigenvalue weighted by Gasteiger charge is 2.41. The second kappa shape index (κ2) is 9.30. The molecule has 2 bridgehead atoms. The van der Waals surface area contributed by atoms with E-state index in [2.05, 4.69) is 48.5 Å². The topological polar surface area (TPSA) is 35.5 Å². The third kappa shape index (κ3) is 4.93. The number of rotatable bonds is 7. The van der Waals surface area contributed by atoms with Crippen molar-refractivity contribution in [3.8, 4) is 0 Å². The molecule has 5 heteroatoms. The first-order valence-electron chi connectivity index (χ1n) is 12.1. The molecule has 0 N–H and O–H groups in total. The predicted octanol–water partition coefficient (Wildman–Crippen LogP) is 4.15. The van der Waals surface area contributed by atoms with E-state index in [1.165, 1.54) is 77.1 Å². The van der Waals surface area contributed by atoms with Crippen molar-refractivity contribution in [2.45, 2.75) is 90.3 Å². The molecule has 0 amide bonds. The lowest BCUT2D eigenvalue weighted by atomic mass is 9.95. The van der Waals surface area contributed by atoms with Crippen LogP contribution >= 0.6 is 0 Å². The Bertz CT molecular complexity index is 638. The Labute approximate surface area is 177 Å². The van der Waals surface area contributed by atoms with Gasteiger partial charge in [-0.3, -0.25) is 4.90 Å². The zero-order valence-electron chi connectivity index (χ0n) is 19.1. The fourth-order valence-corrected chi connectivity index (χ4v) is 5.57. The van der Waals surface area contributed by atoms with Crippen LogP contribution in [0.3, 0.4) is 0 Å². The second-order valence-corrected chi connectivity index (χ2v) is 10.3. The minimum Gasteiger partial charge on any atom is -0.348 e. The average Bonchev–Trinajstić information content (AvgIpc) is 2.97. The van der Waals surface area contributed by atoms with Gasteiger partial charge in [-0.05, 0) is 84.0 Å². The van der Waals surface area contributed by atoms with E-state index in [0.717, 1.165) is 11.7 Å². The van der Waals surface area contributed by atoms with E-state index in [4.69, 9.17) is 9.97 Å². The number of anilines is 1. The Morgan fingerprint density at radius 3 is 2.31 bits per heavy atom. The van der Waals surface area contributed by atoms with Gasteiger partial charge >= 0.3 is 0 Å². The summed E-state index contributed by atoms with van der Waals surface area (Å²) in [5, 5.41) is 0. The first kappa shape index (κ1) is 21.0. The van der Waals surface area contributed by atoms with Crippen molar-refractivity contribution in [3.63, 3.8) is 0 Å². The van der Waals surface area contributed by atoms with Crippen molar-refractivity contribution in [1.82, 2.24) is 19.8 Å². The van der Waals surface area contributed by atoms with Crippen LogP contribution in [0, 0.1) is 5.92 Å². The van der Waals surface area contributed by atoms with E-state index >= 15 is 0 Å². The second-order valence-electron chi connectivity index (χ2n) is 10.3. The molecule has 0 aliphatic carbocycles. The van der Waals surface area contributed by atoms with Crippen LogP contribution in [0.2, 0.25) is 0 Å². The van der Waals surface area contributed by atoms with Crippen LogP contribution in [-0.4, -0.2) is 70.6 Å². The van der Waals surface area contributed by atoms with Crippen LogP contribution in [0.15, 0.2) is 12.3 Å². The highest BCUT2D eigenvalue weighted by molar-refractivity contribution is 5.44. The molecule has 0 spiro atoms. The van der Waals surface area contributed by atoms with Crippen molar-refractivity contribution < 1.29 is 0 Å². The summed E-state index contributed by atoms with van der Waals surface area (Å²) in [6.45, 7) is 15.3. The fraction of sp³-hybridized carbons (Fsp3) is 0.833. The molecule has 1 aromatic heterocycles. The maximum Gasteiger partial charge on any atom is 0.133 e. The molecule has 0 saturated carbocycles. The summed E-state index contributed by atoms with van der Waals surface area (Å²) in [7, 11) is 0. The van der Waals surface area contributed by atoms with Gasteiger partial charge in [-0.15, -0.1) is 0 Å². The van der Waals surface area contributed by atoms with Gasteiger partial charge in [0.1, 0.15) is 11.6 Å². The third-order valence-corrected chi connectivity index (χ3v) is 7.37. The van der Waals surface area contributed by atoms with Crippen molar-refractivity contribution in [3.05, 3.63) is 18.1 Å². The zero-order valence-corrected chi connectivity index (χ0v) is 19.1. The third-order valence-electron chi connectivity index (χ3n) is 7.37. The van der Waals surface area contributed by atoms with Crippen LogP contribution in [0.1, 0.15) is 78.0 Å². The van der Waals surface area contributed by atoms with Gasteiger partial charge in [0.25, 0.3) is 0 Å². The Morgan fingerprint density at radius 1 is 1.00 bits per heavy atom. The molecular weight excluding hydrogens is 358 g/mol. The Hall–Kier alpha value is -1.20. The highest BCUT2D eigenvalue weighted by Crippen LogP contribution is 2.35. The molecule has 3 aliphatic heterocycles. The van der Waals surface area contributed by atoms with Crippen LogP contribution in [0.25, 0.3) is 0 Å². The molecule has 2 atom stereocenters. The standard InChI is InChI=1S/C24H41N5/c1-18(2)6-5-13-27-14-10-20(11-15-27)24-25-12-9-23(26-24)29-21-7-8-22(29)17-28(16-21)19(3)4/h9,12,18-22H,5-8,10-11,13-17H2,1-4H3. The van der Waals surface area contributed by atoms with Gasteiger partial charge in [0.2, 0.25) is 0 Å². The van der Waals surface area contributed by atoms with Crippen molar-refractivity contribution in [2.24, 2.45) is 5.92 Å². The molecular formula is C24H41N5. The number of likely N-dealkylation sites (tertiary alicyclic amines) is 2. The number of piperidine rings is 1.